The standard InChI is InChI=1S/C9H17NO3S/c1-3-4-5-6-9(2)10-8(11)7-14(9,12)13/h3-7H2,1-2H3,(H,10,11). The van der Waals surface area contributed by atoms with Crippen LogP contribution in [0.5, 0.6) is 0 Å². The minimum atomic E-state index is -3.28. The number of hydrogen-bond acceptors (Lipinski definition) is 3. The summed E-state index contributed by atoms with van der Waals surface area (Å²) in [7, 11) is -3.28. The summed E-state index contributed by atoms with van der Waals surface area (Å²) in [6.45, 7) is 3.66. The maximum Gasteiger partial charge on any atom is 0.236 e. The Balaban J connectivity index is 2.68. The first kappa shape index (κ1) is 11.5. The zero-order valence-electron chi connectivity index (χ0n) is 8.67. The molecule has 82 valence electrons. The van der Waals surface area contributed by atoms with Crippen molar-refractivity contribution in [3.63, 3.8) is 0 Å². The largest absolute Gasteiger partial charge is 0.336 e. The summed E-state index contributed by atoms with van der Waals surface area (Å²) in [5.74, 6) is -0.723. The van der Waals surface area contributed by atoms with E-state index in [1.54, 1.807) is 6.92 Å². The van der Waals surface area contributed by atoms with Gasteiger partial charge in [-0.15, -0.1) is 0 Å². The highest BCUT2D eigenvalue weighted by molar-refractivity contribution is 7.93. The van der Waals surface area contributed by atoms with E-state index in [9.17, 15) is 13.2 Å². The molecule has 0 aromatic rings. The van der Waals surface area contributed by atoms with Gasteiger partial charge in [-0.25, -0.2) is 8.42 Å². The molecule has 1 saturated heterocycles. The Bertz CT molecular complexity index is 323. The topological polar surface area (TPSA) is 63.2 Å². The fraction of sp³-hybridized carbons (Fsp3) is 0.889. The molecule has 1 heterocycles. The predicted octanol–water partition coefficient (Wildman–Crippen LogP) is 0.828. The van der Waals surface area contributed by atoms with E-state index in [0.29, 0.717) is 6.42 Å². The second kappa shape index (κ2) is 3.88. The summed E-state index contributed by atoms with van der Waals surface area (Å²) in [5.41, 5.74) is 0. The molecular formula is C9H17NO3S. The molecule has 5 heteroatoms. The van der Waals surface area contributed by atoms with Crippen LogP contribution in [0, 0.1) is 0 Å². The Morgan fingerprint density at radius 3 is 2.50 bits per heavy atom. The fourth-order valence-corrected chi connectivity index (χ4v) is 3.13. The Morgan fingerprint density at radius 1 is 1.43 bits per heavy atom. The van der Waals surface area contributed by atoms with Crippen LogP contribution in [-0.2, 0) is 14.6 Å². The molecular weight excluding hydrogens is 202 g/mol. The third-order valence-corrected chi connectivity index (χ3v) is 4.99. The number of nitrogens with one attached hydrogen (secondary N) is 1. The predicted molar refractivity (Wildman–Crippen MR) is 54.5 cm³/mol. The molecule has 0 radical (unpaired) electrons. The van der Waals surface area contributed by atoms with E-state index in [-0.39, 0.29) is 11.7 Å². The van der Waals surface area contributed by atoms with Crippen molar-refractivity contribution in [2.45, 2.75) is 44.4 Å². The number of carbonyl (C=O) groups excluding carboxylic acids is 1. The van der Waals surface area contributed by atoms with Crippen LogP contribution < -0.4 is 5.32 Å². The van der Waals surface area contributed by atoms with Crippen LogP contribution in [-0.4, -0.2) is 24.9 Å². The summed E-state index contributed by atoms with van der Waals surface area (Å²) in [4.78, 5) is 10.0. The maximum absolute atomic E-state index is 11.6. The van der Waals surface area contributed by atoms with Crippen molar-refractivity contribution < 1.29 is 13.2 Å². The SMILES string of the molecule is CCCCCC1(C)NC(=O)CS1(=O)=O. The first-order chi connectivity index (χ1) is 6.41. The van der Waals surface area contributed by atoms with Gasteiger partial charge in [0, 0.05) is 0 Å². The molecule has 1 amide bonds. The number of carbonyl (C=O) groups is 1. The van der Waals surface area contributed by atoms with Crippen molar-refractivity contribution >= 4 is 15.7 Å². The molecule has 1 aliphatic rings. The lowest BCUT2D eigenvalue weighted by Crippen LogP contribution is -2.43. The Labute approximate surface area is 85.0 Å². The van der Waals surface area contributed by atoms with Gasteiger partial charge in [-0.3, -0.25) is 4.79 Å². The molecule has 0 aromatic heterocycles. The van der Waals surface area contributed by atoms with Crippen molar-refractivity contribution in [1.82, 2.24) is 5.32 Å². The third kappa shape index (κ3) is 2.08. The van der Waals surface area contributed by atoms with Gasteiger partial charge >= 0.3 is 0 Å². The molecule has 1 rings (SSSR count). The summed E-state index contributed by atoms with van der Waals surface area (Å²) < 4.78 is 23.2. The zero-order valence-corrected chi connectivity index (χ0v) is 9.49. The molecule has 0 bridgehead atoms. The number of amides is 1. The van der Waals surface area contributed by atoms with Crippen LogP contribution in [0.1, 0.15) is 39.5 Å². The Hall–Kier alpha value is -0.580. The number of unbranched alkanes of at least 4 members (excludes halogenated alkanes) is 2. The molecule has 1 atom stereocenters. The van der Waals surface area contributed by atoms with Crippen LogP contribution in [0.15, 0.2) is 0 Å². The summed E-state index contributed by atoms with van der Waals surface area (Å²) >= 11 is 0. The Morgan fingerprint density at radius 2 is 2.07 bits per heavy atom. The van der Waals surface area contributed by atoms with Gasteiger partial charge in [0.25, 0.3) is 0 Å². The van der Waals surface area contributed by atoms with E-state index < -0.39 is 14.7 Å². The maximum atomic E-state index is 11.6. The minimum absolute atomic E-state index is 0.352. The average molecular weight is 219 g/mol. The second-order valence-corrected chi connectivity index (χ2v) is 6.41. The van der Waals surface area contributed by atoms with E-state index in [0.717, 1.165) is 19.3 Å². The smallest absolute Gasteiger partial charge is 0.236 e. The summed E-state index contributed by atoms with van der Waals surface area (Å²) in [6.07, 6.45) is 3.41. The monoisotopic (exact) mass is 219 g/mol. The lowest BCUT2D eigenvalue weighted by atomic mass is 10.1. The van der Waals surface area contributed by atoms with Gasteiger partial charge in [0.05, 0.1) is 0 Å². The molecule has 0 saturated carbocycles. The van der Waals surface area contributed by atoms with Gasteiger partial charge in [0.15, 0.2) is 9.84 Å². The van der Waals surface area contributed by atoms with Crippen LogP contribution in [0.3, 0.4) is 0 Å². The van der Waals surface area contributed by atoms with E-state index in [4.69, 9.17) is 0 Å². The average Bonchev–Trinajstić information content (AvgIpc) is 2.21. The molecule has 1 unspecified atom stereocenters. The molecule has 0 aliphatic carbocycles. The number of rotatable bonds is 4. The molecule has 14 heavy (non-hydrogen) atoms. The van der Waals surface area contributed by atoms with Gasteiger partial charge in [0.2, 0.25) is 5.91 Å². The van der Waals surface area contributed by atoms with Crippen molar-refractivity contribution in [2.24, 2.45) is 0 Å². The molecule has 0 aromatic carbocycles. The summed E-state index contributed by atoms with van der Waals surface area (Å²) in [5, 5.41) is 2.55. The molecule has 4 nitrogen and oxygen atoms in total. The van der Waals surface area contributed by atoms with E-state index >= 15 is 0 Å². The Kier molecular flexibility index (Phi) is 3.19. The highest BCUT2D eigenvalue weighted by Crippen LogP contribution is 2.26. The lowest BCUT2D eigenvalue weighted by Gasteiger charge is -2.22. The minimum Gasteiger partial charge on any atom is -0.336 e. The fourth-order valence-electron chi connectivity index (χ4n) is 1.67. The second-order valence-electron chi connectivity index (χ2n) is 4.00. The van der Waals surface area contributed by atoms with Crippen molar-refractivity contribution in [1.29, 1.82) is 0 Å². The molecule has 0 spiro atoms. The first-order valence-corrected chi connectivity index (χ1v) is 6.60. The van der Waals surface area contributed by atoms with E-state index in [1.807, 2.05) is 0 Å². The van der Waals surface area contributed by atoms with Crippen molar-refractivity contribution in [3.8, 4) is 0 Å². The van der Waals surface area contributed by atoms with Gasteiger partial charge in [-0.1, -0.05) is 26.2 Å². The summed E-state index contributed by atoms with van der Waals surface area (Å²) in [6, 6.07) is 0. The molecule has 1 fully saturated rings. The van der Waals surface area contributed by atoms with Gasteiger partial charge < -0.3 is 5.32 Å². The van der Waals surface area contributed by atoms with Crippen LogP contribution >= 0.6 is 0 Å². The third-order valence-electron chi connectivity index (χ3n) is 2.67. The number of hydrogen-bond donors (Lipinski definition) is 1. The highest BCUT2D eigenvalue weighted by atomic mass is 32.2. The van der Waals surface area contributed by atoms with E-state index in [2.05, 4.69) is 12.2 Å². The molecule has 1 aliphatic heterocycles. The number of sulfone groups is 1. The van der Waals surface area contributed by atoms with Gasteiger partial charge in [0.1, 0.15) is 10.6 Å². The van der Waals surface area contributed by atoms with Crippen molar-refractivity contribution in [3.05, 3.63) is 0 Å². The first-order valence-electron chi connectivity index (χ1n) is 4.94. The zero-order chi connectivity index (χ0) is 10.8. The highest BCUT2D eigenvalue weighted by Gasteiger charge is 2.46. The van der Waals surface area contributed by atoms with Gasteiger partial charge in [-0.05, 0) is 13.3 Å². The van der Waals surface area contributed by atoms with Crippen molar-refractivity contribution in [2.75, 3.05) is 5.75 Å². The molecule has 1 N–H and O–H groups in total. The normalized spacial score (nSPS) is 30.3. The van der Waals surface area contributed by atoms with Crippen LogP contribution in [0.25, 0.3) is 0 Å². The van der Waals surface area contributed by atoms with Crippen LogP contribution in [0.4, 0.5) is 0 Å². The van der Waals surface area contributed by atoms with Gasteiger partial charge in [-0.2, -0.15) is 0 Å². The van der Waals surface area contributed by atoms with E-state index in [1.165, 1.54) is 0 Å². The van der Waals surface area contributed by atoms with Crippen LogP contribution in [0.2, 0.25) is 0 Å². The quantitative estimate of drug-likeness (QED) is 0.712. The lowest BCUT2D eigenvalue weighted by molar-refractivity contribution is -0.118.